The van der Waals surface area contributed by atoms with Crippen LogP contribution in [0.3, 0.4) is 0 Å². The quantitative estimate of drug-likeness (QED) is 0.787. The second kappa shape index (κ2) is 5.98. The van der Waals surface area contributed by atoms with Crippen LogP contribution in [0.25, 0.3) is 0 Å². The van der Waals surface area contributed by atoms with E-state index in [2.05, 4.69) is 5.32 Å². The highest BCUT2D eigenvalue weighted by Gasteiger charge is 2.78. The topological polar surface area (TPSA) is 59.0 Å². The summed E-state index contributed by atoms with van der Waals surface area (Å²) in [6.45, 7) is 0.978. The van der Waals surface area contributed by atoms with Gasteiger partial charge < -0.3 is 4.74 Å². The fourth-order valence-electron chi connectivity index (χ4n) is 2.49. The van der Waals surface area contributed by atoms with Crippen molar-refractivity contribution in [2.24, 2.45) is 0 Å². The molecule has 0 unspecified atom stereocenters. The first-order chi connectivity index (χ1) is 11.5. The Kier molecular flexibility index (Phi) is 4.46. The smallest absolute Gasteiger partial charge is 0.446 e. The van der Waals surface area contributed by atoms with E-state index in [-0.39, 0.29) is 11.3 Å². The van der Waals surface area contributed by atoms with Crippen LogP contribution in [0, 0.1) is 11.3 Å². The Hall–Kier alpha value is -2.70. The van der Waals surface area contributed by atoms with E-state index in [4.69, 9.17) is 10.00 Å². The maximum Gasteiger partial charge on any atom is 0.446 e. The van der Waals surface area contributed by atoms with E-state index >= 15 is 0 Å². The number of alkyl halides is 6. The first kappa shape index (κ1) is 18.6. The van der Waals surface area contributed by atoms with Gasteiger partial charge >= 0.3 is 17.9 Å². The Morgan fingerprint density at radius 1 is 1.16 bits per heavy atom. The van der Waals surface area contributed by atoms with Crippen LogP contribution in [-0.2, 0) is 0 Å². The number of hydrogen-bond acceptors (Lipinski definition) is 3. The van der Waals surface area contributed by atoms with Crippen LogP contribution in [0.4, 0.5) is 26.3 Å². The van der Waals surface area contributed by atoms with E-state index in [1.54, 1.807) is 0 Å². The van der Waals surface area contributed by atoms with Gasteiger partial charge in [-0.3, -0.25) is 0 Å². The molecule has 0 fully saturated rings. The maximum absolute atomic E-state index is 13.5. The summed E-state index contributed by atoms with van der Waals surface area (Å²) < 4.78 is 85.9. The van der Waals surface area contributed by atoms with Gasteiger partial charge in [0, 0.05) is 0 Å². The number of rotatable bonds is 2. The van der Waals surface area contributed by atoms with Gasteiger partial charge in [0.15, 0.2) is 0 Å². The molecule has 1 aliphatic rings. The number of hydrogen-bond donors (Lipinski definition) is 2. The number of allylic oxidation sites excluding steroid dienone is 1. The van der Waals surface area contributed by atoms with Crippen LogP contribution in [0.5, 0.6) is 5.75 Å². The van der Waals surface area contributed by atoms with Gasteiger partial charge in [-0.15, -0.1) is 0 Å². The van der Waals surface area contributed by atoms with E-state index in [9.17, 15) is 26.3 Å². The standard InChI is InChI=1S/C15H11F6N3O/c1-8-11(7-22)13(14(16,17)18,15(19,20)21)24-12(23-8)9-4-3-5-10(6-9)25-2/h3-6H,1-2H3,(H,23,24)/p+1. The summed E-state index contributed by atoms with van der Waals surface area (Å²) in [6, 6.07) is 6.49. The maximum atomic E-state index is 13.5. The van der Waals surface area contributed by atoms with Gasteiger partial charge in [0.2, 0.25) is 0 Å². The second-order valence-electron chi connectivity index (χ2n) is 5.21. The number of benzene rings is 1. The van der Waals surface area contributed by atoms with Crippen molar-refractivity contribution in [2.75, 3.05) is 7.11 Å². The Bertz CT molecular complexity index is 772. The summed E-state index contributed by atoms with van der Waals surface area (Å²) >= 11 is 0. The normalized spacial score (nSPS) is 17.5. The first-order valence-corrected chi connectivity index (χ1v) is 6.79. The Morgan fingerprint density at radius 2 is 1.76 bits per heavy atom. The Morgan fingerprint density at radius 3 is 2.24 bits per heavy atom. The second-order valence-corrected chi connectivity index (χ2v) is 5.21. The molecule has 0 saturated carbocycles. The van der Waals surface area contributed by atoms with Gasteiger partial charge in [-0.2, -0.15) is 31.6 Å². The fraction of sp³-hybridized carbons (Fsp3) is 0.333. The van der Waals surface area contributed by atoms with Gasteiger partial charge in [-0.1, -0.05) is 6.07 Å². The third kappa shape index (κ3) is 2.90. The first-order valence-electron chi connectivity index (χ1n) is 6.79. The lowest BCUT2D eigenvalue weighted by Gasteiger charge is -2.34. The van der Waals surface area contributed by atoms with Crippen LogP contribution >= 0.6 is 0 Å². The van der Waals surface area contributed by atoms with Crippen molar-refractivity contribution in [3.8, 4) is 11.8 Å². The van der Waals surface area contributed by atoms with Crippen molar-refractivity contribution in [1.82, 2.24) is 5.32 Å². The highest BCUT2D eigenvalue weighted by Crippen LogP contribution is 2.45. The van der Waals surface area contributed by atoms with E-state index in [1.165, 1.54) is 36.4 Å². The molecule has 10 heteroatoms. The molecule has 0 aliphatic carbocycles. The lowest BCUT2D eigenvalue weighted by Crippen LogP contribution is -2.99. The van der Waals surface area contributed by atoms with Crippen LogP contribution in [0.1, 0.15) is 12.5 Å². The lowest BCUT2D eigenvalue weighted by atomic mass is 9.86. The van der Waals surface area contributed by atoms with E-state index in [1.807, 2.05) is 0 Å². The van der Waals surface area contributed by atoms with Crippen LogP contribution in [0.15, 0.2) is 35.5 Å². The summed E-state index contributed by atoms with van der Waals surface area (Å²) in [5.41, 5.74) is -6.54. The highest BCUT2D eigenvalue weighted by molar-refractivity contribution is 5.96. The molecule has 4 nitrogen and oxygen atoms in total. The van der Waals surface area contributed by atoms with Crippen molar-refractivity contribution < 1.29 is 36.1 Å². The zero-order valence-corrected chi connectivity index (χ0v) is 12.9. The molecule has 0 radical (unpaired) electrons. The minimum Gasteiger partial charge on any atom is -0.497 e. The molecule has 2 rings (SSSR count). The van der Waals surface area contributed by atoms with E-state index in [0.29, 0.717) is 0 Å². The van der Waals surface area contributed by atoms with E-state index in [0.717, 1.165) is 13.0 Å². The molecule has 1 aliphatic heterocycles. The largest absolute Gasteiger partial charge is 0.497 e. The lowest BCUT2D eigenvalue weighted by molar-refractivity contribution is -0.634. The molecule has 0 atom stereocenters. The summed E-state index contributed by atoms with van der Waals surface area (Å²) in [6.07, 6.45) is -11.6. The van der Waals surface area contributed by atoms with Gasteiger partial charge in [0.05, 0.1) is 12.7 Å². The number of amidine groups is 1. The SMILES string of the molecule is COc1cccc(C2=[NH+]C(C(F)(F)F)(C(F)(F)F)C(C#N)=C(C)N2)c1. The molecule has 0 spiro atoms. The number of halogens is 6. The minimum atomic E-state index is -5.80. The molecule has 1 aromatic rings. The molecular formula is C15H12F6N3O+. The zero-order chi connectivity index (χ0) is 19.0. The third-order valence-corrected chi connectivity index (χ3v) is 3.70. The number of methoxy groups -OCH3 is 1. The summed E-state index contributed by atoms with van der Waals surface area (Å²) in [5.74, 6) is -0.295. The van der Waals surface area contributed by atoms with Gasteiger partial charge in [-0.05, 0) is 25.1 Å². The average molecular weight is 364 g/mol. The minimum absolute atomic E-state index is 0.00793. The van der Waals surface area contributed by atoms with Crippen LogP contribution in [-0.4, -0.2) is 30.8 Å². The summed E-state index contributed by atoms with van der Waals surface area (Å²) in [4.78, 5) is 1.47. The Balaban J connectivity index is 2.79. The van der Waals surface area contributed by atoms with Gasteiger partial charge in [0.25, 0.3) is 5.84 Å². The fourth-order valence-corrected chi connectivity index (χ4v) is 2.49. The molecule has 0 bridgehead atoms. The molecule has 1 heterocycles. The third-order valence-electron chi connectivity index (χ3n) is 3.70. The zero-order valence-electron chi connectivity index (χ0n) is 12.9. The highest BCUT2D eigenvalue weighted by atomic mass is 19.4. The van der Waals surface area contributed by atoms with Crippen molar-refractivity contribution in [2.45, 2.75) is 24.8 Å². The molecule has 134 valence electrons. The van der Waals surface area contributed by atoms with Crippen LogP contribution in [0.2, 0.25) is 0 Å². The molecule has 1 aromatic carbocycles. The molecule has 25 heavy (non-hydrogen) atoms. The summed E-state index contributed by atoms with van der Waals surface area (Å²) in [7, 11) is 1.31. The van der Waals surface area contributed by atoms with Crippen molar-refractivity contribution in [3.63, 3.8) is 0 Å². The average Bonchev–Trinajstić information content (AvgIpc) is 2.51. The van der Waals surface area contributed by atoms with Gasteiger partial charge in [0.1, 0.15) is 23.1 Å². The predicted octanol–water partition coefficient (Wildman–Crippen LogP) is 1.79. The number of nitriles is 1. The van der Waals surface area contributed by atoms with Crippen molar-refractivity contribution in [1.29, 1.82) is 5.26 Å². The molecule has 0 amide bonds. The van der Waals surface area contributed by atoms with Crippen LogP contribution < -0.4 is 15.0 Å². The molecule has 0 aromatic heterocycles. The molecular weight excluding hydrogens is 352 g/mol. The monoisotopic (exact) mass is 364 g/mol. The van der Waals surface area contributed by atoms with Gasteiger partial charge in [-0.25, -0.2) is 10.3 Å². The van der Waals surface area contributed by atoms with Crippen molar-refractivity contribution >= 4 is 5.84 Å². The molecule has 2 N–H and O–H groups in total. The summed E-state index contributed by atoms with van der Waals surface area (Å²) in [5, 5.41) is 11.3. The van der Waals surface area contributed by atoms with Crippen molar-refractivity contribution in [3.05, 3.63) is 41.1 Å². The number of nitrogens with one attached hydrogen (secondary N) is 2. The number of nitrogens with zero attached hydrogens (tertiary/aromatic N) is 1. The Labute approximate surface area is 138 Å². The number of ether oxygens (including phenoxy) is 1. The van der Waals surface area contributed by atoms with E-state index < -0.39 is 35.0 Å². The predicted molar refractivity (Wildman–Crippen MR) is 74.4 cm³/mol. The molecule has 0 saturated heterocycles.